The third-order valence-electron chi connectivity index (χ3n) is 3.90. The van der Waals surface area contributed by atoms with Crippen LogP contribution in [0.2, 0.25) is 0 Å². The van der Waals surface area contributed by atoms with Gasteiger partial charge in [0.25, 0.3) is 11.7 Å². The molecule has 0 bridgehead atoms. The molecule has 2 aromatic carbocycles. The highest BCUT2D eigenvalue weighted by Gasteiger charge is 2.21. The molecule has 0 saturated heterocycles. The zero-order chi connectivity index (χ0) is 18.4. The molecule has 0 aliphatic carbocycles. The van der Waals surface area contributed by atoms with Crippen LogP contribution in [0.1, 0.15) is 23.0 Å². The number of nitrogens with zero attached hydrogens (tertiary/aromatic N) is 1. The standard InChI is InChI=1S/C21H20N2O3/c1-2-26-19-13-7-6-11-17(19)22-21(25)20(24)18-12-8-14-23(18)15-16-9-4-3-5-10-16/h3-14H,2,15H2,1H3,(H,22,25). The largest absolute Gasteiger partial charge is 0.492 e. The lowest BCUT2D eigenvalue weighted by molar-refractivity contribution is -0.112. The number of aromatic nitrogens is 1. The Morgan fingerprint density at radius 1 is 0.962 bits per heavy atom. The van der Waals surface area contributed by atoms with Crippen LogP contribution in [-0.2, 0) is 11.3 Å². The summed E-state index contributed by atoms with van der Waals surface area (Å²) in [5, 5.41) is 2.65. The van der Waals surface area contributed by atoms with Crippen molar-refractivity contribution in [3.05, 3.63) is 84.2 Å². The van der Waals surface area contributed by atoms with Gasteiger partial charge in [-0.15, -0.1) is 0 Å². The van der Waals surface area contributed by atoms with E-state index in [2.05, 4.69) is 5.32 Å². The van der Waals surface area contributed by atoms with E-state index >= 15 is 0 Å². The maximum absolute atomic E-state index is 12.6. The minimum Gasteiger partial charge on any atom is -0.492 e. The Labute approximate surface area is 152 Å². The molecule has 0 atom stereocenters. The topological polar surface area (TPSA) is 60.3 Å². The highest BCUT2D eigenvalue weighted by atomic mass is 16.5. The van der Waals surface area contributed by atoms with Crippen LogP contribution in [0.5, 0.6) is 5.75 Å². The lowest BCUT2D eigenvalue weighted by Gasteiger charge is -2.12. The molecule has 0 aliphatic heterocycles. The van der Waals surface area contributed by atoms with E-state index < -0.39 is 11.7 Å². The summed E-state index contributed by atoms with van der Waals surface area (Å²) >= 11 is 0. The van der Waals surface area contributed by atoms with Gasteiger partial charge in [-0.2, -0.15) is 0 Å². The number of rotatable bonds is 7. The molecule has 1 heterocycles. The average Bonchev–Trinajstić information content (AvgIpc) is 3.11. The molecular formula is C21H20N2O3. The van der Waals surface area contributed by atoms with Crippen LogP contribution in [0.25, 0.3) is 0 Å². The number of carbonyl (C=O) groups excluding carboxylic acids is 2. The molecule has 3 aromatic rings. The summed E-state index contributed by atoms with van der Waals surface area (Å²) in [5.41, 5.74) is 1.88. The van der Waals surface area contributed by atoms with Crippen molar-refractivity contribution in [2.75, 3.05) is 11.9 Å². The number of Topliss-reactive ketones (excluding diaryl/α,β-unsaturated/α-hetero) is 1. The second kappa shape index (κ2) is 8.16. The van der Waals surface area contributed by atoms with Crippen LogP contribution in [0.15, 0.2) is 72.9 Å². The Morgan fingerprint density at radius 2 is 1.69 bits per heavy atom. The van der Waals surface area contributed by atoms with Crippen molar-refractivity contribution in [2.24, 2.45) is 0 Å². The predicted octanol–water partition coefficient (Wildman–Crippen LogP) is 3.76. The fourth-order valence-corrected chi connectivity index (χ4v) is 2.68. The van der Waals surface area contributed by atoms with Gasteiger partial charge in [0.2, 0.25) is 0 Å². The number of anilines is 1. The van der Waals surface area contributed by atoms with Crippen molar-refractivity contribution in [3.8, 4) is 5.75 Å². The molecule has 5 heteroatoms. The number of benzene rings is 2. The molecule has 3 rings (SSSR count). The maximum atomic E-state index is 12.6. The summed E-state index contributed by atoms with van der Waals surface area (Å²) < 4.78 is 7.25. The smallest absolute Gasteiger partial charge is 0.298 e. The number of ketones is 1. The number of hydrogen-bond acceptors (Lipinski definition) is 3. The minimum absolute atomic E-state index is 0.347. The number of hydrogen-bond donors (Lipinski definition) is 1. The lowest BCUT2D eigenvalue weighted by atomic mass is 10.2. The molecule has 0 saturated carbocycles. The molecule has 26 heavy (non-hydrogen) atoms. The molecule has 0 radical (unpaired) electrons. The molecule has 0 unspecified atom stereocenters. The summed E-state index contributed by atoms with van der Waals surface area (Å²) in [5.74, 6) is -0.738. The molecule has 0 fully saturated rings. The monoisotopic (exact) mass is 348 g/mol. The molecule has 5 nitrogen and oxygen atoms in total. The normalized spacial score (nSPS) is 10.3. The number of ether oxygens (including phenoxy) is 1. The quantitative estimate of drug-likeness (QED) is 0.522. The summed E-state index contributed by atoms with van der Waals surface area (Å²) in [4.78, 5) is 25.1. The van der Waals surface area contributed by atoms with Gasteiger partial charge < -0.3 is 14.6 Å². The molecule has 0 aliphatic rings. The van der Waals surface area contributed by atoms with Crippen molar-refractivity contribution >= 4 is 17.4 Å². The Hall–Kier alpha value is -3.34. The van der Waals surface area contributed by atoms with E-state index in [4.69, 9.17) is 4.74 Å². The Morgan fingerprint density at radius 3 is 2.46 bits per heavy atom. The Kier molecular flexibility index (Phi) is 5.49. The highest BCUT2D eigenvalue weighted by molar-refractivity contribution is 6.46. The number of carbonyl (C=O) groups is 2. The first-order chi connectivity index (χ1) is 12.7. The van der Waals surface area contributed by atoms with Gasteiger partial charge in [0, 0.05) is 12.7 Å². The lowest BCUT2D eigenvalue weighted by Crippen LogP contribution is -2.25. The van der Waals surface area contributed by atoms with Crippen molar-refractivity contribution in [1.29, 1.82) is 0 Å². The minimum atomic E-state index is -0.690. The van der Waals surface area contributed by atoms with Crippen LogP contribution in [0.4, 0.5) is 5.69 Å². The summed E-state index contributed by atoms with van der Waals surface area (Å²) in [6.07, 6.45) is 1.79. The van der Waals surface area contributed by atoms with Gasteiger partial charge in [0.1, 0.15) is 5.75 Å². The van der Waals surface area contributed by atoms with E-state index in [1.54, 1.807) is 41.1 Å². The van der Waals surface area contributed by atoms with Crippen LogP contribution >= 0.6 is 0 Å². The fourth-order valence-electron chi connectivity index (χ4n) is 2.68. The summed E-state index contributed by atoms with van der Waals surface area (Å²) in [6, 6.07) is 20.2. The van der Waals surface area contributed by atoms with Gasteiger partial charge in [0.05, 0.1) is 18.0 Å². The van der Waals surface area contributed by atoms with E-state index in [0.717, 1.165) is 5.56 Å². The third-order valence-corrected chi connectivity index (χ3v) is 3.90. The van der Waals surface area contributed by atoms with Gasteiger partial charge >= 0.3 is 0 Å². The number of para-hydroxylation sites is 2. The second-order valence-electron chi connectivity index (χ2n) is 5.72. The van der Waals surface area contributed by atoms with Crippen LogP contribution < -0.4 is 10.1 Å². The fraction of sp³-hybridized carbons (Fsp3) is 0.143. The van der Waals surface area contributed by atoms with Crippen LogP contribution in [0, 0.1) is 0 Å². The van der Waals surface area contributed by atoms with E-state index in [9.17, 15) is 9.59 Å². The molecular weight excluding hydrogens is 328 g/mol. The molecule has 1 N–H and O–H groups in total. The first-order valence-electron chi connectivity index (χ1n) is 8.45. The third kappa shape index (κ3) is 4.00. The molecule has 0 spiro atoms. The molecule has 132 valence electrons. The van der Waals surface area contributed by atoms with E-state index in [1.165, 1.54) is 0 Å². The van der Waals surface area contributed by atoms with Crippen LogP contribution in [0.3, 0.4) is 0 Å². The predicted molar refractivity (Wildman–Crippen MR) is 101 cm³/mol. The van der Waals surface area contributed by atoms with Gasteiger partial charge in [-0.3, -0.25) is 9.59 Å². The van der Waals surface area contributed by atoms with E-state index in [-0.39, 0.29) is 0 Å². The number of amides is 1. The average molecular weight is 348 g/mol. The molecule has 1 aromatic heterocycles. The van der Waals surface area contributed by atoms with E-state index in [1.807, 2.05) is 43.3 Å². The first kappa shape index (κ1) is 17.5. The van der Waals surface area contributed by atoms with Crippen molar-refractivity contribution in [2.45, 2.75) is 13.5 Å². The van der Waals surface area contributed by atoms with Crippen LogP contribution in [-0.4, -0.2) is 22.9 Å². The van der Waals surface area contributed by atoms with Crippen molar-refractivity contribution in [3.63, 3.8) is 0 Å². The highest BCUT2D eigenvalue weighted by Crippen LogP contribution is 2.24. The van der Waals surface area contributed by atoms with Gasteiger partial charge in [-0.25, -0.2) is 0 Å². The van der Waals surface area contributed by atoms with Gasteiger partial charge in [-0.05, 0) is 36.8 Å². The summed E-state index contributed by atoms with van der Waals surface area (Å²) in [7, 11) is 0. The first-order valence-corrected chi connectivity index (χ1v) is 8.45. The Bertz CT molecular complexity index is 900. The summed E-state index contributed by atoms with van der Waals surface area (Å²) in [6.45, 7) is 2.86. The molecule has 1 amide bonds. The van der Waals surface area contributed by atoms with Gasteiger partial charge in [0.15, 0.2) is 0 Å². The van der Waals surface area contributed by atoms with Gasteiger partial charge in [-0.1, -0.05) is 42.5 Å². The maximum Gasteiger partial charge on any atom is 0.298 e. The Balaban J connectivity index is 1.76. The SMILES string of the molecule is CCOc1ccccc1NC(=O)C(=O)c1cccn1Cc1ccccc1. The van der Waals surface area contributed by atoms with Crippen molar-refractivity contribution < 1.29 is 14.3 Å². The number of nitrogens with one attached hydrogen (secondary N) is 1. The van der Waals surface area contributed by atoms with Crippen molar-refractivity contribution in [1.82, 2.24) is 4.57 Å². The van der Waals surface area contributed by atoms with E-state index in [0.29, 0.717) is 30.3 Å². The second-order valence-corrected chi connectivity index (χ2v) is 5.72. The zero-order valence-corrected chi connectivity index (χ0v) is 14.5. The zero-order valence-electron chi connectivity index (χ0n) is 14.5.